The number of rotatable bonds is 5. The molecule has 3 heterocycles. The zero-order valence-corrected chi connectivity index (χ0v) is 17.9. The van der Waals surface area contributed by atoms with Crippen LogP contribution in [0.4, 0.5) is 5.82 Å². The van der Waals surface area contributed by atoms with Crippen LogP contribution in [0, 0.1) is 13.8 Å². The van der Waals surface area contributed by atoms with Crippen LogP contribution in [0.2, 0.25) is 5.02 Å². The lowest BCUT2D eigenvalue weighted by molar-refractivity contribution is 0.0468. The lowest BCUT2D eigenvalue weighted by Crippen LogP contribution is -2.42. The zero-order valence-electron chi connectivity index (χ0n) is 17.2. The second kappa shape index (κ2) is 8.19. The zero-order chi connectivity index (χ0) is 23.0. The van der Waals surface area contributed by atoms with E-state index in [-0.39, 0.29) is 16.5 Å². The maximum absolute atomic E-state index is 12.5. The molecule has 11 nitrogen and oxygen atoms in total. The van der Waals surface area contributed by atoms with Gasteiger partial charge in [-0.15, -0.1) is 0 Å². The predicted molar refractivity (Wildman–Crippen MR) is 112 cm³/mol. The molecule has 3 aromatic heterocycles. The summed E-state index contributed by atoms with van der Waals surface area (Å²) in [4.78, 5) is 53.3. The Labute approximate surface area is 180 Å². The number of hydrogen-bond donors (Lipinski definition) is 1. The van der Waals surface area contributed by atoms with Crippen LogP contribution in [-0.4, -0.2) is 42.3 Å². The molecule has 0 aliphatic carbocycles. The smallest absolute Gasteiger partial charge is 0.359 e. The molecule has 162 valence electrons. The average Bonchev–Trinajstić information content (AvgIpc) is 3.07. The summed E-state index contributed by atoms with van der Waals surface area (Å²) in [6.45, 7) is 2.85. The van der Waals surface area contributed by atoms with Crippen LogP contribution in [0.3, 0.4) is 0 Å². The van der Waals surface area contributed by atoms with Crippen LogP contribution in [0.15, 0.2) is 27.8 Å². The van der Waals surface area contributed by atoms with Gasteiger partial charge in [-0.1, -0.05) is 11.6 Å². The standard InChI is InChI=1S/C19H19ClN6O5/c1-9-7-10(2)26(23-9)13-6-5-11(20)15(22-13)18(29)31-8-12(27)14-16(21)24(3)19(30)25(4)17(14)28/h5-7H,8,21H2,1-4H3. The number of nitrogens with two attached hydrogens (primary N) is 1. The van der Waals surface area contributed by atoms with Crippen molar-refractivity contribution >= 4 is 29.2 Å². The number of pyridine rings is 1. The van der Waals surface area contributed by atoms with Crippen molar-refractivity contribution in [1.29, 1.82) is 0 Å². The van der Waals surface area contributed by atoms with E-state index in [4.69, 9.17) is 22.1 Å². The Bertz CT molecular complexity index is 1340. The van der Waals surface area contributed by atoms with Crippen LogP contribution in [0.5, 0.6) is 0 Å². The minimum absolute atomic E-state index is 0.0141. The molecule has 0 radical (unpaired) electrons. The third kappa shape index (κ3) is 3.99. The van der Waals surface area contributed by atoms with Crippen molar-refractivity contribution in [2.75, 3.05) is 12.3 Å². The molecule has 31 heavy (non-hydrogen) atoms. The molecule has 2 N–H and O–H groups in total. The van der Waals surface area contributed by atoms with Gasteiger partial charge in [0, 0.05) is 19.8 Å². The average molecular weight is 447 g/mol. The fourth-order valence-electron chi connectivity index (χ4n) is 2.95. The van der Waals surface area contributed by atoms with Gasteiger partial charge in [0.15, 0.2) is 18.1 Å². The summed E-state index contributed by atoms with van der Waals surface area (Å²) in [5, 5.41) is 4.31. The molecule has 0 aliphatic rings. The lowest BCUT2D eigenvalue weighted by atomic mass is 10.2. The summed E-state index contributed by atoms with van der Waals surface area (Å²) in [5.74, 6) is -1.82. The second-order valence-electron chi connectivity index (χ2n) is 6.80. The highest BCUT2D eigenvalue weighted by molar-refractivity contribution is 6.33. The van der Waals surface area contributed by atoms with Gasteiger partial charge in [-0.3, -0.25) is 18.7 Å². The van der Waals surface area contributed by atoms with Gasteiger partial charge in [0.1, 0.15) is 11.4 Å². The molecule has 3 aromatic rings. The molecular formula is C19H19ClN6O5. The molecular weight excluding hydrogens is 428 g/mol. The minimum Gasteiger partial charge on any atom is -0.453 e. The first-order valence-corrected chi connectivity index (χ1v) is 9.36. The molecule has 12 heteroatoms. The van der Waals surface area contributed by atoms with Gasteiger partial charge in [0.25, 0.3) is 5.56 Å². The van der Waals surface area contributed by atoms with E-state index in [1.54, 1.807) is 6.07 Å². The molecule has 0 aliphatic heterocycles. The number of Topliss-reactive ketones (excluding diaryl/α,β-unsaturated/α-hetero) is 1. The SMILES string of the molecule is Cc1cc(C)n(-c2ccc(Cl)c(C(=O)OCC(=O)c3c(N)n(C)c(=O)n(C)c3=O)n2)n1. The fraction of sp³-hybridized carbons (Fsp3) is 0.263. The number of hydrogen-bond acceptors (Lipinski definition) is 8. The van der Waals surface area contributed by atoms with E-state index in [1.165, 1.54) is 24.8 Å². The molecule has 0 saturated heterocycles. The Morgan fingerprint density at radius 3 is 2.45 bits per heavy atom. The second-order valence-corrected chi connectivity index (χ2v) is 7.21. The van der Waals surface area contributed by atoms with E-state index in [0.717, 1.165) is 20.5 Å². The van der Waals surface area contributed by atoms with Gasteiger partial charge in [-0.2, -0.15) is 5.10 Å². The van der Waals surface area contributed by atoms with Crippen molar-refractivity contribution in [2.24, 2.45) is 14.1 Å². The van der Waals surface area contributed by atoms with Gasteiger partial charge >= 0.3 is 11.7 Å². The van der Waals surface area contributed by atoms with Crippen LogP contribution < -0.4 is 17.0 Å². The van der Waals surface area contributed by atoms with E-state index in [9.17, 15) is 19.2 Å². The van der Waals surface area contributed by atoms with E-state index < -0.39 is 35.2 Å². The first kappa shape index (κ1) is 22.0. The predicted octanol–water partition coefficient (Wildman–Crippen LogP) is 0.557. The molecule has 0 atom stereocenters. The van der Waals surface area contributed by atoms with Crippen LogP contribution in [0.1, 0.15) is 32.2 Å². The third-order valence-electron chi connectivity index (χ3n) is 4.57. The number of esters is 1. The molecule has 0 bridgehead atoms. The Hall–Kier alpha value is -3.73. The Morgan fingerprint density at radius 2 is 1.84 bits per heavy atom. The topological polar surface area (TPSA) is 144 Å². The summed E-state index contributed by atoms with van der Waals surface area (Å²) in [5.41, 5.74) is 5.06. The van der Waals surface area contributed by atoms with Gasteiger partial charge in [-0.05, 0) is 32.0 Å². The number of carbonyl (C=O) groups excluding carboxylic acids is 2. The minimum atomic E-state index is -0.970. The largest absolute Gasteiger partial charge is 0.453 e. The number of halogens is 1. The number of ether oxygens (including phenoxy) is 1. The van der Waals surface area contributed by atoms with Gasteiger partial charge in [-0.25, -0.2) is 19.3 Å². The number of nitrogens with zero attached hydrogens (tertiary/aromatic N) is 5. The van der Waals surface area contributed by atoms with Gasteiger partial charge in [0.05, 0.1) is 10.7 Å². The Morgan fingerprint density at radius 1 is 1.16 bits per heavy atom. The molecule has 0 saturated carbocycles. The van der Waals surface area contributed by atoms with Crippen molar-refractivity contribution in [1.82, 2.24) is 23.9 Å². The molecule has 0 spiro atoms. The quantitative estimate of drug-likeness (QED) is 0.442. The van der Waals surface area contributed by atoms with Crippen molar-refractivity contribution in [2.45, 2.75) is 13.8 Å². The Kier molecular flexibility index (Phi) is 5.80. The summed E-state index contributed by atoms with van der Waals surface area (Å²) < 4.78 is 8.23. The van der Waals surface area contributed by atoms with E-state index in [2.05, 4.69) is 10.1 Å². The van der Waals surface area contributed by atoms with Crippen LogP contribution in [0.25, 0.3) is 5.82 Å². The van der Waals surface area contributed by atoms with Crippen LogP contribution >= 0.6 is 11.6 Å². The summed E-state index contributed by atoms with van der Waals surface area (Å²) >= 11 is 6.08. The highest BCUT2D eigenvalue weighted by Gasteiger charge is 2.23. The van der Waals surface area contributed by atoms with Crippen molar-refractivity contribution in [3.63, 3.8) is 0 Å². The number of carbonyl (C=O) groups is 2. The van der Waals surface area contributed by atoms with E-state index in [1.807, 2.05) is 19.9 Å². The highest BCUT2D eigenvalue weighted by atomic mass is 35.5. The van der Waals surface area contributed by atoms with Crippen molar-refractivity contribution in [3.05, 3.63) is 66.7 Å². The Balaban J connectivity index is 1.86. The van der Waals surface area contributed by atoms with Crippen LogP contribution in [-0.2, 0) is 18.8 Å². The summed E-state index contributed by atoms with van der Waals surface area (Å²) in [6.07, 6.45) is 0. The van der Waals surface area contributed by atoms with Gasteiger partial charge < -0.3 is 10.5 Å². The number of aromatic nitrogens is 5. The third-order valence-corrected chi connectivity index (χ3v) is 4.88. The summed E-state index contributed by atoms with van der Waals surface area (Å²) in [7, 11) is 2.52. The monoisotopic (exact) mass is 446 g/mol. The fourth-order valence-corrected chi connectivity index (χ4v) is 3.13. The normalized spacial score (nSPS) is 10.9. The van der Waals surface area contributed by atoms with Crippen molar-refractivity contribution in [3.8, 4) is 5.82 Å². The molecule has 3 rings (SSSR count). The number of aryl methyl sites for hydroxylation is 2. The molecule has 0 amide bonds. The lowest BCUT2D eigenvalue weighted by Gasteiger charge is -2.11. The number of nitrogen functional groups attached to an aromatic ring is 1. The number of ketones is 1. The number of anilines is 1. The highest BCUT2D eigenvalue weighted by Crippen LogP contribution is 2.19. The molecule has 0 unspecified atom stereocenters. The van der Waals surface area contributed by atoms with E-state index in [0.29, 0.717) is 5.82 Å². The van der Waals surface area contributed by atoms with Crippen molar-refractivity contribution < 1.29 is 14.3 Å². The van der Waals surface area contributed by atoms with E-state index >= 15 is 0 Å². The molecule has 0 fully saturated rings. The maximum Gasteiger partial charge on any atom is 0.359 e. The summed E-state index contributed by atoms with van der Waals surface area (Å²) in [6, 6.07) is 4.88. The van der Waals surface area contributed by atoms with Gasteiger partial charge in [0.2, 0.25) is 5.78 Å². The first-order valence-electron chi connectivity index (χ1n) is 8.99. The first-order chi connectivity index (χ1) is 14.5. The molecule has 0 aromatic carbocycles. The maximum atomic E-state index is 12.5.